The zero-order valence-corrected chi connectivity index (χ0v) is 10.9. The Morgan fingerprint density at radius 2 is 1.83 bits per heavy atom. The van der Waals surface area contributed by atoms with Gasteiger partial charge in [-0.2, -0.15) is 0 Å². The van der Waals surface area contributed by atoms with Crippen LogP contribution in [0.1, 0.15) is 26.2 Å². The molecule has 0 saturated carbocycles. The monoisotopic (exact) mass is 300 g/mol. The average Bonchev–Trinajstić information content (AvgIpc) is 2.11. The number of alkyl halides is 2. The minimum Gasteiger partial charge on any atom is -0.381 e. The molecule has 0 rings (SSSR count). The van der Waals surface area contributed by atoms with E-state index >= 15 is 0 Å². The van der Waals surface area contributed by atoms with Gasteiger partial charge in [0.15, 0.2) is 0 Å². The van der Waals surface area contributed by atoms with Crippen molar-refractivity contribution in [3.05, 3.63) is 0 Å². The average molecular weight is 302 g/mol. The van der Waals surface area contributed by atoms with Crippen molar-refractivity contribution in [1.29, 1.82) is 0 Å². The summed E-state index contributed by atoms with van der Waals surface area (Å²) in [6, 6.07) is 0. The first-order valence-electron chi connectivity index (χ1n) is 4.54. The maximum atomic E-state index is 5.47. The summed E-state index contributed by atoms with van der Waals surface area (Å²) < 4.78 is 5.47. The summed E-state index contributed by atoms with van der Waals surface area (Å²) in [7, 11) is 0. The molecule has 0 aliphatic heterocycles. The Morgan fingerprint density at radius 3 is 2.33 bits per heavy atom. The minimum absolute atomic E-state index is 0.714. The normalized spacial score (nSPS) is 11.0. The molecule has 0 aromatic carbocycles. The molecule has 1 nitrogen and oxygen atoms in total. The first-order valence-corrected chi connectivity index (χ1v) is 6.79. The lowest BCUT2D eigenvalue weighted by atomic mass is 10.1. The molecule has 0 atom stereocenters. The summed E-state index contributed by atoms with van der Waals surface area (Å²) in [6.45, 7) is 4.01. The second-order valence-electron chi connectivity index (χ2n) is 2.93. The highest BCUT2D eigenvalue weighted by Crippen LogP contribution is 2.10. The van der Waals surface area contributed by atoms with Crippen molar-refractivity contribution in [2.24, 2.45) is 5.92 Å². The summed E-state index contributed by atoms with van der Waals surface area (Å²) in [5.74, 6) is 0.714. The molecule has 0 aliphatic rings. The van der Waals surface area contributed by atoms with E-state index in [4.69, 9.17) is 4.74 Å². The molecule has 0 fully saturated rings. The summed E-state index contributed by atoms with van der Waals surface area (Å²) in [5, 5.41) is 2.13. The number of hydrogen-bond donors (Lipinski definition) is 0. The molecule has 0 heterocycles. The molecule has 0 aromatic heterocycles. The SMILES string of the molecule is CCCCOCCC(CBr)CBr. The van der Waals surface area contributed by atoms with Gasteiger partial charge in [0, 0.05) is 23.9 Å². The number of rotatable bonds is 8. The molecule has 74 valence electrons. The van der Waals surface area contributed by atoms with Crippen molar-refractivity contribution in [1.82, 2.24) is 0 Å². The van der Waals surface area contributed by atoms with Crippen molar-refractivity contribution in [2.75, 3.05) is 23.9 Å². The van der Waals surface area contributed by atoms with Crippen molar-refractivity contribution in [3.8, 4) is 0 Å². The largest absolute Gasteiger partial charge is 0.381 e. The zero-order valence-electron chi connectivity index (χ0n) is 7.69. The Labute approximate surface area is 92.5 Å². The lowest BCUT2D eigenvalue weighted by Crippen LogP contribution is -2.08. The molecule has 0 amide bonds. The summed E-state index contributed by atoms with van der Waals surface area (Å²) in [4.78, 5) is 0. The van der Waals surface area contributed by atoms with E-state index in [9.17, 15) is 0 Å². The molecule has 0 radical (unpaired) electrons. The van der Waals surface area contributed by atoms with Gasteiger partial charge in [-0.25, -0.2) is 0 Å². The van der Waals surface area contributed by atoms with E-state index < -0.39 is 0 Å². The van der Waals surface area contributed by atoms with Crippen LogP contribution in [0.25, 0.3) is 0 Å². The van der Waals surface area contributed by atoms with Crippen LogP contribution in [0, 0.1) is 5.92 Å². The molecule has 0 saturated heterocycles. The maximum Gasteiger partial charge on any atom is 0.0469 e. The van der Waals surface area contributed by atoms with E-state index in [0.29, 0.717) is 5.92 Å². The molecule has 3 heteroatoms. The predicted molar refractivity (Wildman–Crippen MR) is 61.4 cm³/mol. The van der Waals surface area contributed by atoms with Gasteiger partial charge in [0.2, 0.25) is 0 Å². The van der Waals surface area contributed by atoms with E-state index in [1.807, 2.05) is 0 Å². The van der Waals surface area contributed by atoms with E-state index in [0.717, 1.165) is 30.3 Å². The van der Waals surface area contributed by atoms with Crippen LogP contribution in [0.2, 0.25) is 0 Å². The van der Waals surface area contributed by atoms with Gasteiger partial charge in [0.25, 0.3) is 0 Å². The van der Waals surface area contributed by atoms with Crippen LogP contribution in [-0.2, 0) is 4.74 Å². The molecule has 0 spiro atoms. The zero-order chi connectivity index (χ0) is 9.23. The van der Waals surface area contributed by atoms with Crippen LogP contribution in [0.5, 0.6) is 0 Å². The summed E-state index contributed by atoms with van der Waals surface area (Å²) >= 11 is 6.95. The Kier molecular flexibility index (Phi) is 10.8. The number of hydrogen-bond acceptors (Lipinski definition) is 1. The van der Waals surface area contributed by atoms with Crippen LogP contribution in [0.4, 0.5) is 0 Å². The lowest BCUT2D eigenvalue weighted by molar-refractivity contribution is 0.122. The molecule has 0 unspecified atom stereocenters. The highest BCUT2D eigenvalue weighted by Gasteiger charge is 2.03. The van der Waals surface area contributed by atoms with E-state index in [1.165, 1.54) is 12.8 Å². The van der Waals surface area contributed by atoms with Crippen molar-refractivity contribution < 1.29 is 4.74 Å². The molecule has 12 heavy (non-hydrogen) atoms. The fourth-order valence-corrected chi connectivity index (χ4v) is 2.51. The molecular formula is C9H18Br2O. The quantitative estimate of drug-likeness (QED) is 0.492. The van der Waals surface area contributed by atoms with Crippen molar-refractivity contribution in [2.45, 2.75) is 26.2 Å². The maximum absolute atomic E-state index is 5.47. The highest BCUT2D eigenvalue weighted by atomic mass is 79.9. The van der Waals surface area contributed by atoms with Crippen LogP contribution in [0.15, 0.2) is 0 Å². The fraction of sp³-hybridized carbons (Fsp3) is 1.00. The molecule has 0 aromatic rings. The van der Waals surface area contributed by atoms with Gasteiger partial charge >= 0.3 is 0 Å². The Bertz CT molecular complexity index is 84.6. The Balaban J connectivity index is 3.06. The minimum atomic E-state index is 0.714. The van der Waals surface area contributed by atoms with Crippen LogP contribution in [-0.4, -0.2) is 23.9 Å². The number of halogens is 2. The number of ether oxygens (including phenoxy) is 1. The topological polar surface area (TPSA) is 9.23 Å². The van der Waals surface area contributed by atoms with Gasteiger partial charge < -0.3 is 4.74 Å². The van der Waals surface area contributed by atoms with E-state index in [-0.39, 0.29) is 0 Å². The van der Waals surface area contributed by atoms with Gasteiger partial charge in [-0.05, 0) is 18.8 Å². The lowest BCUT2D eigenvalue weighted by Gasteiger charge is -2.09. The molecule has 0 aliphatic carbocycles. The molecular weight excluding hydrogens is 284 g/mol. The van der Waals surface area contributed by atoms with Gasteiger partial charge in [0.1, 0.15) is 0 Å². The Morgan fingerprint density at radius 1 is 1.17 bits per heavy atom. The summed E-state index contributed by atoms with van der Waals surface area (Å²) in [5.41, 5.74) is 0. The Hall–Kier alpha value is 0.920. The fourth-order valence-electron chi connectivity index (χ4n) is 0.794. The van der Waals surface area contributed by atoms with Gasteiger partial charge in [0.05, 0.1) is 0 Å². The smallest absolute Gasteiger partial charge is 0.0469 e. The van der Waals surface area contributed by atoms with Crippen molar-refractivity contribution >= 4 is 31.9 Å². The number of unbranched alkanes of at least 4 members (excludes halogenated alkanes) is 1. The highest BCUT2D eigenvalue weighted by molar-refractivity contribution is 9.09. The van der Waals surface area contributed by atoms with Crippen LogP contribution in [0.3, 0.4) is 0 Å². The van der Waals surface area contributed by atoms with Crippen molar-refractivity contribution in [3.63, 3.8) is 0 Å². The van der Waals surface area contributed by atoms with Crippen LogP contribution >= 0.6 is 31.9 Å². The predicted octanol–water partition coefficient (Wildman–Crippen LogP) is 3.60. The first kappa shape index (κ1) is 12.9. The van der Waals surface area contributed by atoms with Gasteiger partial charge in [-0.15, -0.1) is 0 Å². The van der Waals surface area contributed by atoms with Gasteiger partial charge in [-0.3, -0.25) is 0 Å². The summed E-state index contributed by atoms with van der Waals surface area (Å²) in [6.07, 6.45) is 3.56. The second kappa shape index (κ2) is 10.0. The van der Waals surface area contributed by atoms with Crippen LogP contribution < -0.4 is 0 Å². The molecule has 0 bridgehead atoms. The third-order valence-corrected chi connectivity index (χ3v) is 3.58. The van der Waals surface area contributed by atoms with Gasteiger partial charge in [-0.1, -0.05) is 45.2 Å². The standard InChI is InChI=1S/C9H18Br2O/c1-2-3-5-12-6-4-9(7-10)8-11/h9H,2-8H2,1H3. The van der Waals surface area contributed by atoms with E-state index in [1.54, 1.807) is 0 Å². The first-order chi connectivity index (χ1) is 5.85. The second-order valence-corrected chi connectivity index (χ2v) is 4.22. The van der Waals surface area contributed by atoms with E-state index in [2.05, 4.69) is 38.8 Å². The molecule has 0 N–H and O–H groups in total. The third kappa shape index (κ3) is 7.56. The third-order valence-electron chi connectivity index (χ3n) is 1.75.